The third-order valence-electron chi connectivity index (χ3n) is 9.02. The van der Waals surface area contributed by atoms with E-state index in [1.165, 1.54) is 17.7 Å². The Kier molecular flexibility index (Phi) is 6.71. The van der Waals surface area contributed by atoms with Crippen molar-refractivity contribution in [2.45, 2.75) is 75.2 Å². The van der Waals surface area contributed by atoms with Crippen molar-refractivity contribution < 1.29 is 27.1 Å². The molecule has 0 spiro atoms. The molecule has 1 aromatic heterocycles. The monoisotopic (exact) mass is 531 g/mol. The van der Waals surface area contributed by atoms with Crippen LogP contribution in [0.3, 0.4) is 0 Å². The van der Waals surface area contributed by atoms with E-state index in [1.54, 1.807) is 4.90 Å². The highest BCUT2D eigenvalue weighted by atomic mass is 19.4. The summed E-state index contributed by atoms with van der Waals surface area (Å²) in [5.74, 6) is 0.325. The van der Waals surface area contributed by atoms with Crippen molar-refractivity contribution in [1.82, 2.24) is 14.8 Å². The Bertz CT molecular complexity index is 1170. The Morgan fingerprint density at radius 3 is 2.39 bits per heavy atom. The summed E-state index contributed by atoms with van der Waals surface area (Å²) in [6.07, 6.45) is 2.30. The summed E-state index contributed by atoms with van der Waals surface area (Å²) in [6, 6.07) is 8.21. The smallest absolute Gasteiger partial charge is 0.363 e. The summed E-state index contributed by atoms with van der Waals surface area (Å²) >= 11 is 0. The number of aromatic nitrogens is 1. The zero-order valence-corrected chi connectivity index (χ0v) is 21.4. The number of ether oxygens (including phenoxy) is 1. The van der Waals surface area contributed by atoms with E-state index in [-0.39, 0.29) is 30.2 Å². The molecule has 2 saturated heterocycles. The number of likely N-dealkylation sites (tertiary alicyclic amines) is 1. The lowest BCUT2D eigenvalue weighted by atomic mass is 9.83. The second kappa shape index (κ2) is 9.90. The van der Waals surface area contributed by atoms with Crippen LogP contribution in [0.25, 0.3) is 0 Å². The van der Waals surface area contributed by atoms with Gasteiger partial charge in [-0.1, -0.05) is 12.1 Å². The Morgan fingerprint density at radius 1 is 1.03 bits per heavy atom. The molecule has 1 saturated carbocycles. The summed E-state index contributed by atoms with van der Waals surface area (Å²) in [5.41, 5.74) is 0.654. The van der Waals surface area contributed by atoms with Crippen LogP contribution in [-0.2, 0) is 28.7 Å². The van der Waals surface area contributed by atoms with Crippen LogP contribution in [0.5, 0.6) is 0 Å². The molecule has 2 aromatic rings. The molecule has 0 N–H and O–H groups in total. The Balaban J connectivity index is 1.09. The number of halogens is 4. The first-order valence-electron chi connectivity index (χ1n) is 13.7. The predicted molar refractivity (Wildman–Crippen MR) is 133 cm³/mol. The first kappa shape index (κ1) is 25.7. The van der Waals surface area contributed by atoms with Gasteiger partial charge in [0.25, 0.3) is 5.91 Å². The minimum Gasteiger partial charge on any atom is -0.363 e. The molecule has 1 aliphatic carbocycles. The number of fused-ring (bicyclic) bond motifs is 1. The number of pyridine rings is 1. The quantitative estimate of drug-likeness (QED) is 0.501. The Hall–Kier alpha value is -2.52. The van der Waals surface area contributed by atoms with Gasteiger partial charge in [0.1, 0.15) is 11.4 Å². The van der Waals surface area contributed by atoms with Crippen LogP contribution < -0.4 is 0 Å². The van der Waals surface area contributed by atoms with Crippen molar-refractivity contribution in [3.8, 4) is 0 Å². The number of piperidine rings is 1. The zero-order valence-electron chi connectivity index (χ0n) is 21.4. The number of hydrogen-bond donors (Lipinski definition) is 0. The lowest BCUT2D eigenvalue weighted by Crippen LogP contribution is -2.58. The second-order valence-corrected chi connectivity index (χ2v) is 11.3. The molecule has 3 aliphatic heterocycles. The van der Waals surface area contributed by atoms with Crippen LogP contribution in [0.4, 0.5) is 17.6 Å². The van der Waals surface area contributed by atoms with Crippen LogP contribution in [0.15, 0.2) is 36.5 Å². The van der Waals surface area contributed by atoms with Crippen molar-refractivity contribution in [1.29, 1.82) is 0 Å². The third kappa shape index (κ3) is 4.95. The minimum atomic E-state index is -4.46. The van der Waals surface area contributed by atoms with Crippen LogP contribution in [0.1, 0.15) is 66.8 Å². The topological polar surface area (TPSA) is 45.7 Å². The standard InChI is InChI=1S/C29H33F4N3O2/c30-24-5-1-19(2-6-24)20-8-12-35(13-9-20)25-7-11-28(38-18-25,22-3-4-22)27(37)36-14-10-26-21(17-36)15-23(16-34-26)29(31,32)33/h1-2,5-6,15-16,20,22,25H,3-4,7-14,17-18H2/t25?,28-/m0/s1. The van der Waals surface area contributed by atoms with Gasteiger partial charge in [-0.05, 0) is 92.8 Å². The lowest BCUT2D eigenvalue weighted by molar-refractivity contribution is -0.177. The number of carbonyl (C=O) groups excluding carboxylic acids is 1. The van der Waals surface area contributed by atoms with Gasteiger partial charge in [-0.25, -0.2) is 4.39 Å². The van der Waals surface area contributed by atoms with Gasteiger partial charge in [-0.3, -0.25) is 14.7 Å². The van der Waals surface area contributed by atoms with E-state index in [2.05, 4.69) is 9.88 Å². The summed E-state index contributed by atoms with van der Waals surface area (Å²) in [6.45, 7) is 2.97. The van der Waals surface area contributed by atoms with Crippen LogP contribution in [0.2, 0.25) is 0 Å². The van der Waals surface area contributed by atoms with Crippen LogP contribution in [-0.4, -0.2) is 58.6 Å². The molecular weight excluding hydrogens is 498 g/mol. The summed E-state index contributed by atoms with van der Waals surface area (Å²) in [7, 11) is 0. The highest BCUT2D eigenvalue weighted by Gasteiger charge is 2.55. The molecule has 9 heteroatoms. The number of carbonyl (C=O) groups is 1. The van der Waals surface area contributed by atoms with Gasteiger partial charge >= 0.3 is 6.18 Å². The number of hydrogen-bond acceptors (Lipinski definition) is 4. The van der Waals surface area contributed by atoms with Gasteiger partial charge in [0.2, 0.25) is 0 Å². The maximum Gasteiger partial charge on any atom is 0.417 e. The maximum atomic E-state index is 13.9. The molecule has 0 bridgehead atoms. The molecule has 4 heterocycles. The normalized spacial score (nSPS) is 27.3. The number of rotatable bonds is 4. The fourth-order valence-corrected chi connectivity index (χ4v) is 6.64. The molecule has 38 heavy (non-hydrogen) atoms. The predicted octanol–water partition coefficient (Wildman–Crippen LogP) is 5.33. The van der Waals surface area contributed by atoms with E-state index in [0.717, 1.165) is 57.5 Å². The lowest BCUT2D eigenvalue weighted by Gasteiger charge is -2.46. The molecule has 3 fully saturated rings. The van der Waals surface area contributed by atoms with Gasteiger partial charge in [-0.2, -0.15) is 13.2 Å². The molecule has 2 atom stereocenters. The SMILES string of the molecule is O=C(N1CCc2ncc(C(F)(F)F)cc2C1)[C@@]1(C2CC2)CCC(N2CCC(c3ccc(F)cc3)CC2)CO1. The Morgan fingerprint density at radius 2 is 1.76 bits per heavy atom. The number of benzene rings is 1. The number of amides is 1. The number of alkyl halides is 3. The van der Waals surface area contributed by atoms with Crippen molar-refractivity contribution in [2.24, 2.45) is 5.92 Å². The summed E-state index contributed by atoms with van der Waals surface area (Å²) in [4.78, 5) is 22.1. The molecule has 6 rings (SSSR count). The third-order valence-corrected chi connectivity index (χ3v) is 9.02. The van der Waals surface area contributed by atoms with Crippen molar-refractivity contribution in [2.75, 3.05) is 26.2 Å². The van der Waals surface area contributed by atoms with Crippen molar-refractivity contribution in [3.05, 3.63) is 64.7 Å². The minimum absolute atomic E-state index is 0.0727. The van der Waals surface area contributed by atoms with E-state index in [1.807, 2.05) is 12.1 Å². The molecule has 4 aliphatic rings. The van der Waals surface area contributed by atoms with Crippen molar-refractivity contribution in [3.63, 3.8) is 0 Å². The molecule has 0 radical (unpaired) electrons. The Labute approximate surface area is 220 Å². The molecule has 1 aromatic carbocycles. The highest BCUT2D eigenvalue weighted by molar-refractivity contribution is 5.86. The van der Waals surface area contributed by atoms with Gasteiger partial charge in [0.05, 0.1) is 12.2 Å². The molecule has 1 amide bonds. The molecular formula is C29H33F4N3O2. The fourth-order valence-electron chi connectivity index (χ4n) is 6.64. The molecule has 1 unspecified atom stereocenters. The van der Waals surface area contributed by atoms with E-state index in [0.29, 0.717) is 43.2 Å². The average Bonchev–Trinajstić information content (AvgIpc) is 3.78. The largest absolute Gasteiger partial charge is 0.417 e. The number of nitrogens with zero attached hydrogens (tertiary/aromatic N) is 3. The second-order valence-electron chi connectivity index (χ2n) is 11.3. The first-order chi connectivity index (χ1) is 18.2. The molecule has 5 nitrogen and oxygen atoms in total. The molecule has 204 valence electrons. The summed E-state index contributed by atoms with van der Waals surface area (Å²) < 4.78 is 59.5. The first-order valence-corrected chi connectivity index (χ1v) is 13.7. The maximum absolute atomic E-state index is 13.9. The van der Waals surface area contributed by atoms with Gasteiger partial charge in [-0.15, -0.1) is 0 Å². The van der Waals surface area contributed by atoms with E-state index in [4.69, 9.17) is 4.74 Å². The zero-order chi connectivity index (χ0) is 26.5. The van der Waals surface area contributed by atoms with E-state index in [9.17, 15) is 22.4 Å². The van der Waals surface area contributed by atoms with Gasteiger partial charge in [0, 0.05) is 37.4 Å². The van der Waals surface area contributed by atoms with Crippen molar-refractivity contribution >= 4 is 5.91 Å². The van der Waals surface area contributed by atoms with E-state index >= 15 is 0 Å². The van der Waals surface area contributed by atoms with Crippen LogP contribution >= 0.6 is 0 Å². The average molecular weight is 532 g/mol. The highest BCUT2D eigenvalue weighted by Crippen LogP contribution is 2.48. The van der Waals surface area contributed by atoms with Gasteiger partial charge < -0.3 is 9.64 Å². The summed E-state index contributed by atoms with van der Waals surface area (Å²) in [5, 5.41) is 0. The van der Waals surface area contributed by atoms with Crippen LogP contribution in [0, 0.1) is 11.7 Å². The fraction of sp³-hybridized carbons (Fsp3) is 0.586. The van der Waals surface area contributed by atoms with E-state index < -0.39 is 17.3 Å². The van der Waals surface area contributed by atoms with Gasteiger partial charge in [0.15, 0.2) is 0 Å².